The normalized spacial score (nSPS) is 14.7. The number of hydrogen-bond donors (Lipinski definition) is 0. The van der Waals surface area contributed by atoms with Crippen LogP contribution < -0.4 is 9.64 Å². The fourth-order valence-corrected chi connectivity index (χ4v) is 4.97. The fourth-order valence-electron chi connectivity index (χ4n) is 4.34. The summed E-state index contributed by atoms with van der Waals surface area (Å²) in [5, 5.41) is 0. The number of aromatic nitrogens is 3. The Morgan fingerprint density at radius 3 is 2.26 bits per heavy atom. The van der Waals surface area contributed by atoms with Crippen LogP contribution in [-0.2, 0) is 22.9 Å². The first-order chi connectivity index (χ1) is 16.9. The Hall–Kier alpha value is -3.00. The third-order valence-corrected chi connectivity index (χ3v) is 7.62. The van der Waals surface area contributed by atoms with Crippen LogP contribution in [-0.4, -0.2) is 42.7 Å². The van der Waals surface area contributed by atoms with Crippen molar-refractivity contribution >= 4 is 15.8 Å². The number of unbranched alkanes of at least 4 members (excludes halogenated alkanes) is 2. The predicted molar refractivity (Wildman–Crippen MR) is 138 cm³/mol. The number of ether oxygens (including phenoxy) is 1. The molecule has 4 rings (SSSR count). The van der Waals surface area contributed by atoms with Gasteiger partial charge in [-0.25, -0.2) is 18.4 Å². The van der Waals surface area contributed by atoms with E-state index in [1.165, 1.54) is 36.6 Å². The number of benzene rings is 1. The summed E-state index contributed by atoms with van der Waals surface area (Å²) in [6.07, 6.45) is 13.9. The largest absolute Gasteiger partial charge is 0.487 e. The molecule has 3 aromatic rings. The van der Waals surface area contributed by atoms with Crippen molar-refractivity contribution in [2.75, 3.05) is 24.2 Å². The van der Waals surface area contributed by atoms with E-state index >= 15 is 0 Å². The molecule has 3 heterocycles. The highest BCUT2D eigenvalue weighted by Gasteiger charge is 2.22. The highest BCUT2D eigenvalue weighted by atomic mass is 32.2. The molecule has 1 aliphatic rings. The van der Waals surface area contributed by atoms with Gasteiger partial charge in [-0.2, -0.15) is 0 Å². The second-order valence-corrected chi connectivity index (χ2v) is 11.2. The highest BCUT2D eigenvalue weighted by Crippen LogP contribution is 2.29. The summed E-state index contributed by atoms with van der Waals surface area (Å²) in [6.45, 7) is 4.43. The Balaban J connectivity index is 1.25. The van der Waals surface area contributed by atoms with Crippen molar-refractivity contribution in [1.29, 1.82) is 0 Å². The summed E-state index contributed by atoms with van der Waals surface area (Å²) in [7, 11) is -3.21. The van der Waals surface area contributed by atoms with Crippen LogP contribution in [0.2, 0.25) is 0 Å². The van der Waals surface area contributed by atoms with Gasteiger partial charge in [0.05, 0.1) is 10.6 Å². The standard InChI is InChI=1S/C27H34N4O3S/c1-3-4-5-6-21-17-29-27(30-18-21)31-15-13-22(14-16-31)23-7-8-24(28-19-23)20-34-25-9-11-26(12-10-25)35(2,32)33/h7-12,17-19,22H,3-6,13-16,20H2,1-2H3. The number of sulfone groups is 1. The fraction of sp³-hybridized carbons (Fsp3) is 0.444. The molecule has 35 heavy (non-hydrogen) atoms. The average Bonchev–Trinajstić information content (AvgIpc) is 2.88. The van der Waals surface area contributed by atoms with E-state index < -0.39 is 9.84 Å². The lowest BCUT2D eigenvalue weighted by molar-refractivity contribution is 0.301. The lowest BCUT2D eigenvalue weighted by Gasteiger charge is -2.32. The number of aryl methyl sites for hydroxylation is 1. The number of hydrogen-bond acceptors (Lipinski definition) is 7. The first-order valence-electron chi connectivity index (χ1n) is 12.4. The van der Waals surface area contributed by atoms with Gasteiger partial charge in [-0.1, -0.05) is 25.8 Å². The molecule has 0 aliphatic carbocycles. The smallest absolute Gasteiger partial charge is 0.225 e. The van der Waals surface area contributed by atoms with Crippen molar-refractivity contribution in [1.82, 2.24) is 15.0 Å². The van der Waals surface area contributed by atoms with Crippen LogP contribution in [0.3, 0.4) is 0 Å². The van der Waals surface area contributed by atoms with Crippen LogP contribution in [0, 0.1) is 0 Å². The molecular weight excluding hydrogens is 460 g/mol. The van der Waals surface area contributed by atoms with Gasteiger partial charge in [0.25, 0.3) is 0 Å². The van der Waals surface area contributed by atoms with E-state index in [-0.39, 0.29) is 4.90 Å². The minimum Gasteiger partial charge on any atom is -0.487 e. The van der Waals surface area contributed by atoms with Gasteiger partial charge >= 0.3 is 0 Å². The number of anilines is 1. The van der Waals surface area contributed by atoms with Crippen LogP contribution in [0.25, 0.3) is 0 Å². The third kappa shape index (κ3) is 7.01. The lowest BCUT2D eigenvalue weighted by Crippen LogP contribution is -2.34. The maximum atomic E-state index is 11.6. The maximum Gasteiger partial charge on any atom is 0.225 e. The summed E-state index contributed by atoms with van der Waals surface area (Å²) < 4.78 is 28.9. The molecule has 2 aromatic heterocycles. The quantitative estimate of drug-likeness (QED) is 0.368. The van der Waals surface area contributed by atoms with E-state index in [1.807, 2.05) is 24.7 Å². The Morgan fingerprint density at radius 1 is 0.943 bits per heavy atom. The third-order valence-electron chi connectivity index (χ3n) is 6.50. The number of pyridine rings is 1. The molecule has 7 nitrogen and oxygen atoms in total. The van der Waals surface area contributed by atoms with Crippen molar-refractivity contribution in [2.45, 2.75) is 62.9 Å². The molecule has 0 amide bonds. The molecule has 0 atom stereocenters. The Morgan fingerprint density at radius 2 is 1.66 bits per heavy atom. The lowest BCUT2D eigenvalue weighted by atomic mass is 9.90. The topological polar surface area (TPSA) is 85.3 Å². The number of nitrogens with zero attached hydrogens (tertiary/aromatic N) is 4. The van der Waals surface area contributed by atoms with E-state index in [4.69, 9.17) is 4.74 Å². The van der Waals surface area contributed by atoms with Crippen LogP contribution >= 0.6 is 0 Å². The van der Waals surface area contributed by atoms with Crippen molar-refractivity contribution in [2.24, 2.45) is 0 Å². The Bertz CT molecular complexity index is 1170. The minimum absolute atomic E-state index is 0.282. The van der Waals surface area contributed by atoms with Gasteiger partial charge < -0.3 is 9.64 Å². The van der Waals surface area contributed by atoms with Gasteiger partial charge in [0.1, 0.15) is 12.4 Å². The molecule has 1 aromatic carbocycles. The van der Waals surface area contributed by atoms with Crippen LogP contribution in [0.4, 0.5) is 5.95 Å². The van der Waals surface area contributed by atoms with Crippen LogP contribution in [0.15, 0.2) is 59.9 Å². The van der Waals surface area contributed by atoms with Crippen LogP contribution in [0.1, 0.15) is 61.8 Å². The predicted octanol–water partition coefficient (Wildman–Crippen LogP) is 4.97. The number of piperidine rings is 1. The van der Waals surface area contributed by atoms with Crippen molar-refractivity contribution in [3.63, 3.8) is 0 Å². The van der Waals surface area contributed by atoms with E-state index in [9.17, 15) is 8.42 Å². The second kappa shape index (κ2) is 11.6. The zero-order valence-electron chi connectivity index (χ0n) is 20.6. The first kappa shape index (κ1) is 25.1. The van der Waals surface area contributed by atoms with Gasteiger partial charge in [-0.15, -0.1) is 0 Å². The van der Waals surface area contributed by atoms with Crippen molar-refractivity contribution < 1.29 is 13.2 Å². The summed E-state index contributed by atoms with van der Waals surface area (Å²) in [4.78, 5) is 16.4. The molecule has 8 heteroatoms. The minimum atomic E-state index is -3.21. The zero-order chi connectivity index (χ0) is 24.7. The molecular formula is C27H34N4O3S. The van der Waals surface area contributed by atoms with Gasteiger partial charge in [0.15, 0.2) is 9.84 Å². The van der Waals surface area contributed by atoms with Gasteiger partial charge in [0.2, 0.25) is 5.95 Å². The van der Waals surface area contributed by atoms with Gasteiger partial charge in [0, 0.05) is 37.9 Å². The SMILES string of the molecule is CCCCCc1cnc(N2CCC(c3ccc(COc4ccc(S(C)(=O)=O)cc4)nc3)CC2)nc1. The Labute approximate surface area is 208 Å². The molecule has 0 radical (unpaired) electrons. The second-order valence-electron chi connectivity index (χ2n) is 9.22. The molecule has 1 fully saturated rings. The first-order valence-corrected chi connectivity index (χ1v) is 14.2. The molecule has 0 bridgehead atoms. The van der Waals surface area contributed by atoms with Crippen molar-refractivity contribution in [3.8, 4) is 5.75 Å². The van der Waals surface area contributed by atoms with E-state index in [1.54, 1.807) is 24.3 Å². The summed E-state index contributed by atoms with van der Waals surface area (Å²) in [6, 6.07) is 10.6. The average molecular weight is 495 g/mol. The van der Waals surface area contributed by atoms with Gasteiger partial charge in [-0.05, 0) is 73.1 Å². The monoisotopic (exact) mass is 494 g/mol. The summed E-state index contributed by atoms with van der Waals surface area (Å²) in [5.41, 5.74) is 3.31. The molecule has 1 aliphatic heterocycles. The highest BCUT2D eigenvalue weighted by molar-refractivity contribution is 7.90. The van der Waals surface area contributed by atoms with E-state index in [0.717, 1.165) is 44.0 Å². The number of rotatable bonds is 10. The molecule has 0 unspecified atom stereocenters. The summed E-state index contributed by atoms with van der Waals surface area (Å²) in [5.74, 6) is 1.93. The zero-order valence-corrected chi connectivity index (χ0v) is 21.4. The molecule has 0 N–H and O–H groups in total. The summed E-state index contributed by atoms with van der Waals surface area (Å²) >= 11 is 0. The Kier molecular flexibility index (Phi) is 8.33. The van der Waals surface area contributed by atoms with E-state index in [0.29, 0.717) is 18.3 Å². The molecule has 1 saturated heterocycles. The maximum absolute atomic E-state index is 11.6. The van der Waals surface area contributed by atoms with Gasteiger partial charge in [-0.3, -0.25) is 4.98 Å². The van der Waals surface area contributed by atoms with E-state index in [2.05, 4.69) is 32.8 Å². The van der Waals surface area contributed by atoms with Crippen molar-refractivity contribution in [3.05, 3.63) is 71.8 Å². The molecule has 0 saturated carbocycles. The van der Waals surface area contributed by atoms with Crippen LogP contribution in [0.5, 0.6) is 5.75 Å². The molecule has 186 valence electrons. The molecule has 0 spiro atoms.